The Morgan fingerprint density at radius 3 is 2.31 bits per heavy atom. The summed E-state index contributed by atoms with van der Waals surface area (Å²) in [4.78, 5) is 11.9. The number of amides is 1. The van der Waals surface area contributed by atoms with E-state index in [1.807, 2.05) is 0 Å². The molecule has 0 bridgehead atoms. The van der Waals surface area contributed by atoms with Crippen molar-refractivity contribution in [2.24, 2.45) is 0 Å². The molecule has 4 aromatic rings. The number of aliphatic hydroxyl groups is 1. The molecule has 26 heavy (non-hydrogen) atoms. The molecule has 0 fully saturated rings. The normalized spacial score (nSPS) is 11.6. The third-order valence-electron chi connectivity index (χ3n) is 5.13. The summed E-state index contributed by atoms with van der Waals surface area (Å²) in [6.07, 6.45) is 2.85. The van der Waals surface area contributed by atoms with Crippen LogP contribution in [0.2, 0.25) is 0 Å². The zero-order valence-corrected chi connectivity index (χ0v) is 14.8. The Morgan fingerprint density at radius 2 is 1.54 bits per heavy atom. The van der Waals surface area contributed by atoms with Crippen molar-refractivity contribution < 1.29 is 9.90 Å². The van der Waals surface area contributed by atoms with E-state index < -0.39 is 0 Å². The predicted octanol–water partition coefficient (Wildman–Crippen LogP) is 4.41. The first kappa shape index (κ1) is 16.8. The van der Waals surface area contributed by atoms with Crippen molar-refractivity contribution in [3.8, 4) is 0 Å². The van der Waals surface area contributed by atoms with Gasteiger partial charge in [-0.3, -0.25) is 4.79 Å². The summed E-state index contributed by atoms with van der Waals surface area (Å²) in [6.45, 7) is 0.664. The van der Waals surface area contributed by atoms with Gasteiger partial charge in [0.15, 0.2) is 0 Å². The van der Waals surface area contributed by atoms with Gasteiger partial charge in [-0.25, -0.2) is 0 Å². The van der Waals surface area contributed by atoms with Crippen molar-refractivity contribution in [2.45, 2.75) is 25.7 Å². The van der Waals surface area contributed by atoms with Gasteiger partial charge in [-0.1, -0.05) is 54.6 Å². The molecule has 2 N–H and O–H groups in total. The van der Waals surface area contributed by atoms with Gasteiger partial charge in [0.05, 0.1) is 0 Å². The SMILES string of the molecule is O=C(CCCc1ccc2ccc3cccc4ccc1c2c34)NCCCO. The molecule has 0 saturated carbocycles. The first-order chi connectivity index (χ1) is 12.8. The van der Waals surface area contributed by atoms with Crippen LogP contribution in [-0.2, 0) is 11.2 Å². The molecular formula is C23H23NO2. The minimum absolute atomic E-state index is 0.0659. The Balaban J connectivity index is 1.59. The predicted molar refractivity (Wildman–Crippen MR) is 108 cm³/mol. The molecule has 4 aromatic carbocycles. The van der Waals surface area contributed by atoms with Crippen LogP contribution in [0.1, 0.15) is 24.8 Å². The average Bonchev–Trinajstić information content (AvgIpc) is 2.67. The summed E-state index contributed by atoms with van der Waals surface area (Å²) in [5, 5.41) is 19.4. The van der Waals surface area contributed by atoms with Gasteiger partial charge in [0.1, 0.15) is 0 Å². The monoisotopic (exact) mass is 345 g/mol. The third kappa shape index (κ3) is 3.11. The summed E-state index contributed by atoms with van der Waals surface area (Å²) in [7, 11) is 0. The summed E-state index contributed by atoms with van der Waals surface area (Å²) in [5.74, 6) is 0.0659. The fourth-order valence-electron chi connectivity index (χ4n) is 3.85. The maximum absolute atomic E-state index is 11.9. The van der Waals surface area contributed by atoms with Crippen molar-refractivity contribution in [2.75, 3.05) is 13.2 Å². The summed E-state index contributed by atoms with van der Waals surface area (Å²) >= 11 is 0. The van der Waals surface area contributed by atoms with E-state index in [2.05, 4.69) is 59.9 Å². The second-order valence-electron chi connectivity index (χ2n) is 6.86. The second-order valence-corrected chi connectivity index (χ2v) is 6.86. The number of carbonyl (C=O) groups is 1. The van der Waals surface area contributed by atoms with Gasteiger partial charge in [0.2, 0.25) is 5.91 Å². The van der Waals surface area contributed by atoms with Gasteiger partial charge < -0.3 is 10.4 Å². The van der Waals surface area contributed by atoms with E-state index in [-0.39, 0.29) is 12.5 Å². The molecule has 0 aliphatic heterocycles. The summed E-state index contributed by atoms with van der Waals surface area (Å²) in [5.41, 5.74) is 1.30. The highest BCUT2D eigenvalue weighted by molar-refractivity contribution is 6.23. The number of aliphatic hydroxyl groups excluding tert-OH is 1. The van der Waals surface area contributed by atoms with Crippen LogP contribution in [0.25, 0.3) is 32.3 Å². The van der Waals surface area contributed by atoms with Gasteiger partial charge in [-0.15, -0.1) is 0 Å². The van der Waals surface area contributed by atoms with Gasteiger partial charge in [0, 0.05) is 19.6 Å². The Hall–Kier alpha value is -2.65. The molecule has 132 valence electrons. The van der Waals surface area contributed by atoms with Crippen LogP contribution >= 0.6 is 0 Å². The molecule has 0 aromatic heterocycles. The molecule has 0 radical (unpaired) electrons. The number of nitrogens with one attached hydrogen (secondary N) is 1. The molecule has 0 saturated heterocycles. The van der Waals surface area contributed by atoms with Crippen LogP contribution in [-0.4, -0.2) is 24.2 Å². The van der Waals surface area contributed by atoms with E-state index in [4.69, 9.17) is 5.11 Å². The molecular weight excluding hydrogens is 322 g/mol. The zero-order chi connectivity index (χ0) is 17.9. The average molecular weight is 345 g/mol. The summed E-state index contributed by atoms with van der Waals surface area (Å²) < 4.78 is 0. The summed E-state index contributed by atoms with van der Waals surface area (Å²) in [6, 6.07) is 19.7. The van der Waals surface area contributed by atoms with Crippen molar-refractivity contribution >= 4 is 38.2 Å². The second kappa shape index (κ2) is 7.30. The maximum atomic E-state index is 11.9. The lowest BCUT2D eigenvalue weighted by molar-refractivity contribution is -0.121. The van der Waals surface area contributed by atoms with E-state index in [1.165, 1.54) is 37.9 Å². The largest absolute Gasteiger partial charge is 0.396 e. The van der Waals surface area contributed by atoms with E-state index in [9.17, 15) is 4.79 Å². The van der Waals surface area contributed by atoms with Gasteiger partial charge in [0.25, 0.3) is 0 Å². The number of rotatable bonds is 7. The highest BCUT2D eigenvalue weighted by atomic mass is 16.3. The Labute approximate surface area is 153 Å². The quantitative estimate of drug-likeness (QED) is 0.385. The highest BCUT2D eigenvalue weighted by Crippen LogP contribution is 2.36. The molecule has 3 nitrogen and oxygen atoms in total. The molecule has 0 aliphatic carbocycles. The van der Waals surface area contributed by atoms with Crippen molar-refractivity contribution in [3.05, 3.63) is 60.2 Å². The Bertz CT molecular complexity index is 1040. The molecule has 3 heteroatoms. The van der Waals surface area contributed by atoms with Crippen LogP contribution in [0.4, 0.5) is 0 Å². The lowest BCUT2D eigenvalue weighted by Gasteiger charge is -2.14. The fourth-order valence-corrected chi connectivity index (χ4v) is 3.85. The van der Waals surface area contributed by atoms with Crippen LogP contribution in [0.15, 0.2) is 54.6 Å². The maximum Gasteiger partial charge on any atom is 0.220 e. The number of benzene rings is 4. The van der Waals surface area contributed by atoms with Gasteiger partial charge in [-0.2, -0.15) is 0 Å². The minimum atomic E-state index is 0.0659. The van der Waals surface area contributed by atoms with E-state index in [0.29, 0.717) is 19.4 Å². The Morgan fingerprint density at radius 1 is 0.846 bits per heavy atom. The van der Waals surface area contributed by atoms with Crippen LogP contribution in [0.3, 0.4) is 0 Å². The van der Waals surface area contributed by atoms with Gasteiger partial charge in [-0.05, 0) is 57.1 Å². The molecule has 0 spiro atoms. The fraction of sp³-hybridized carbons (Fsp3) is 0.261. The Kier molecular flexibility index (Phi) is 4.72. The minimum Gasteiger partial charge on any atom is -0.396 e. The smallest absolute Gasteiger partial charge is 0.220 e. The zero-order valence-electron chi connectivity index (χ0n) is 14.8. The van der Waals surface area contributed by atoms with Crippen LogP contribution in [0, 0.1) is 0 Å². The topological polar surface area (TPSA) is 49.3 Å². The molecule has 4 rings (SSSR count). The molecule has 0 atom stereocenters. The third-order valence-corrected chi connectivity index (χ3v) is 5.13. The molecule has 0 unspecified atom stereocenters. The van der Waals surface area contributed by atoms with Gasteiger partial charge >= 0.3 is 0 Å². The van der Waals surface area contributed by atoms with Crippen molar-refractivity contribution in [3.63, 3.8) is 0 Å². The van der Waals surface area contributed by atoms with Crippen LogP contribution < -0.4 is 5.32 Å². The lowest BCUT2D eigenvalue weighted by atomic mass is 9.90. The number of carbonyl (C=O) groups excluding carboxylic acids is 1. The first-order valence-electron chi connectivity index (χ1n) is 9.31. The lowest BCUT2D eigenvalue weighted by Crippen LogP contribution is -2.24. The highest BCUT2D eigenvalue weighted by Gasteiger charge is 2.11. The molecule has 0 heterocycles. The van der Waals surface area contributed by atoms with E-state index >= 15 is 0 Å². The van der Waals surface area contributed by atoms with Crippen LogP contribution in [0.5, 0.6) is 0 Å². The number of aryl methyl sites for hydroxylation is 1. The van der Waals surface area contributed by atoms with Crippen molar-refractivity contribution in [1.29, 1.82) is 0 Å². The number of hydrogen-bond acceptors (Lipinski definition) is 2. The number of hydrogen-bond donors (Lipinski definition) is 2. The van der Waals surface area contributed by atoms with E-state index in [1.54, 1.807) is 0 Å². The molecule has 0 aliphatic rings. The van der Waals surface area contributed by atoms with E-state index in [0.717, 1.165) is 12.8 Å². The first-order valence-corrected chi connectivity index (χ1v) is 9.31. The molecule has 1 amide bonds. The van der Waals surface area contributed by atoms with Crippen molar-refractivity contribution in [1.82, 2.24) is 5.32 Å². The standard InChI is InChI=1S/C23H23NO2/c25-15-3-14-24-21(26)7-2-4-16-8-9-19-11-10-17-5-1-6-18-12-13-20(16)23(19)22(17)18/h1,5-6,8-13,25H,2-4,7,14-15H2,(H,24,26).